The minimum absolute atomic E-state index is 0.130. The quantitative estimate of drug-likeness (QED) is 0.589. The van der Waals surface area contributed by atoms with Crippen LogP contribution in [0.2, 0.25) is 0 Å². The lowest BCUT2D eigenvalue weighted by Crippen LogP contribution is -2.43. The van der Waals surface area contributed by atoms with E-state index in [1.165, 1.54) is 18.2 Å². The fourth-order valence-electron chi connectivity index (χ4n) is 1.37. The smallest absolute Gasteiger partial charge is 0.335 e. The fraction of sp³-hybridized carbons (Fsp3) is 0.100. The summed E-state index contributed by atoms with van der Waals surface area (Å²) in [4.78, 5) is 10.8. The van der Waals surface area contributed by atoms with E-state index in [-0.39, 0.29) is 10.7 Å². The minimum atomic E-state index is -1.24. The SMILES string of the molecule is O=C(O)c1cccc(NC2(Cl)C=C(Cl)N=NN2)c1. The summed E-state index contributed by atoms with van der Waals surface area (Å²) in [5.74, 6) is -1.02. The monoisotopic (exact) mass is 286 g/mol. The zero-order valence-corrected chi connectivity index (χ0v) is 10.4. The standard InChI is InChI=1S/C10H8Cl2N4O2/c11-8-5-10(12,15-16-14-8)13-7-3-1-2-6(4-7)9(17)18/h1-5,13H,(H,14,15)(H,17,18). The molecule has 0 fully saturated rings. The third-order valence-corrected chi connectivity index (χ3v) is 2.58. The van der Waals surface area contributed by atoms with Crippen molar-refractivity contribution >= 4 is 34.9 Å². The van der Waals surface area contributed by atoms with Crippen LogP contribution in [0.3, 0.4) is 0 Å². The highest BCUT2D eigenvalue weighted by Gasteiger charge is 2.27. The van der Waals surface area contributed by atoms with Crippen LogP contribution in [0.5, 0.6) is 0 Å². The van der Waals surface area contributed by atoms with E-state index in [4.69, 9.17) is 28.3 Å². The van der Waals surface area contributed by atoms with Gasteiger partial charge in [-0.1, -0.05) is 34.5 Å². The molecular weight excluding hydrogens is 279 g/mol. The highest BCUT2D eigenvalue weighted by molar-refractivity contribution is 6.31. The van der Waals surface area contributed by atoms with E-state index in [1.54, 1.807) is 12.1 Å². The predicted octanol–water partition coefficient (Wildman–Crippen LogP) is 2.74. The van der Waals surface area contributed by atoms with Crippen molar-refractivity contribution in [2.24, 2.45) is 10.3 Å². The average molecular weight is 287 g/mol. The van der Waals surface area contributed by atoms with Crippen LogP contribution in [-0.4, -0.2) is 16.2 Å². The van der Waals surface area contributed by atoms with Crippen molar-refractivity contribution in [3.63, 3.8) is 0 Å². The number of hydrogen-bond acceptors (Lipinski definition) is 5. The first-order valence-electron chi connectivity index (χ1n) is 4.85. The second-order valence-corrected chi connectivity index (χ2v) is 4.49. The lowest BCUT2D eigenvalue weighted by Gasteiger charge is -2.26. The molecule has 0 amide bonds. The number of benzene rings is 1. The Morgan fingerprint density at radius 1 is 1.50 bits per heavy atom. The summed E-state index contributed by atoms with van der Waals surface area (Å²) < 4.78 is 0. The van der Waals surface area contributed by atoms with Gasteiger partial charge in [-0.15, -0.1) is 5.11 Å². The third-order valence-electron chi connectivity index (χ3n) is 2.11. The first-order chi connectivity index (χ1) is 8.48. The molecular formula is C10H8Cl2N4O2. The van der Waals surface area contributed by atoms with E-state index in [2.05, 4.69) is 21.1 Å². The van der Waals surface area contributed by atoms with Gasteiger partial charge in [0.25, 0.3) is 0 Å². The van der Waals surface area contributed by atoms with Gasteiger partial charge >= 0.3 is 5.97 Å². The van der Waals surface area contributed by atoms with Crippen LogP contribution in [0, 0.1) is 0 Å². The number of aromatic carboxylic acids is 1. The average Bonchev–Trinajstić information content (AvgIpc) is 2.28. The Morgan fingerprint density at radius 3 is 2.94 bits per heavy atom. The molecule has 6 nitrogen and oxygen atoms in total. The number of carboxylic acid groups (broad SMARTS) is 1. The number of nitrogens with zero attached hydrogens (tertiary/aromatic N) is 2. The van der Waals surface area contributed by atoms with E-state index in [0.29, 0.717) is 5.69 Å². The Balaban J connectivity index is 2.21. The highest BCUT2D eigenvalue weighted by Crippen LogP contribution is 2.25. The largest absolute Gasteiger partial charge is 0.478 e. The predicted molar refractivity (Wildman–Crippen MR) is 67.5 cm³/mol. The maximum absolute atomic E-state index is 10.8. The van der Waals surface area contributed by atoms with E-state index in [0.717, 1.165) is 0 Å². The molecule has 1 heterocycles. The molecule has 1 atom stereocenters. The van der Waals surface area contributed by atoms with Gasteiger partial charge in [-0.3, -0.25) is 0 Å². The van der Waals surface area contributed by atoms with Gasteiger partial charge < -0.3 is 10.4 Å². The molecule has 0 radical (unpaired) electrons. The molecule has 1 aromatic carbocycles. The van der Waals surface area contributed by atoms with Gasteiger partial charge in [0.1, 0.15) is 0 Å². The second kappa shape index (κ2) is 4.83. The van der Waals surface area contributed by atoms with Gasteiger partial charge in [0.05, 0.1) is 5.56 Å². The zero-order chi connectivity index (χ0) is 13.2. The molecule has 0 aromatic heterocycles. The lowest BCUT2D eigenvalue weighted by molar-refractivity contribution is 0.0697. The number of carboxylic acids is 1. The molecule has 0 saturated carbocycles. The summed E-state index contributed by atoms with van der Waals surface area (Å²) in [5.41, 5.74) is 3.18. The van der Waals surface area contributed by atoms with Crippen molar-refractivity contribution in [2.75, 3.05) is 5.32 Å². The molecule has 1 unspecified atom stereocenters. The molecule has 1 aliphatic rings. The molecule has 18 heavy (non-hydrogen) atoms. The van der Waals surface area contributed by atoms with Crippen molar-refractivity contribution in [2.45, 2.75) is 5.12 Å². The van der Waals surface area contributed by atoms with Crippen LogP contribution >= 0.6 is 23.2 Å². The van der Waals surface area contributed by atoms with Crippen LogP contribution in [0.25, 0.3) is 0 Å². The van der Waals surface area contributed by atoms with E-state index >= 15 is 0 Å². The normalized spacial score (nSPS) is 22.0. The van der Waals surface area contributed by atoms with E-state index < -0.39 is 11.1 Å². The van der Waals surface area contributed by atoms with Crippen molar-refractivity contribution < 1.29 is 9.90 Å². The third kappa shape index (κ3) is 2.91. The maximum Gasteiger partial charge on any atom is 0.335 e. The summed E-state index contributed by atoms with van der Waals surface area (Å²) >= 11 is 11.8. The van der Waals surface area contributed by atoms with Crippen LogP contribution in [-0.2, 0) is 0 Å². The van der Waals surface area contributed by atoms with Crippen molar-refractivity contribution in [1.29, 1.82) is 0 Å². The van der Waals surface area contributed by atoms with Crippen molar-refractivity contribution in [1.82, 2.24) is 5.43 Å². The van der Waals surface area contributed by atoms with Crippen molar-refractivity contribution in [3.8, 4) is 0 Å². The topological polar surface area (TPSA) is 86.1 Å². The van der Waals surface area contributed by atoms with Gasteiger partial charge in [0, 0.05) is 11.8 Å². The van der Waals surface area contributed by atoms with E-state index in [9.17, 15) is 4.79 Å². The molecule has 2 rings (SSSR count). The maximum atomic E-state index is 10.8. The Labute approximate surface area is 112 Å². The van der Waals surface area contributed by atoms with Crippen LogP contribution < -0.4 is 10.7 Å². The number of anilines is 1. The van der Waals surface area contributed by atoms with Gasteiger partial charge in [-0.05, 0) is 18.2 Å². The molecule has 0 spiro atoms. The molecule has 3 N–H and O–H groups in total. The van der Waals surface area contributed by atoms with Crippen LogP contribution in [0.1, 0.15) is 10.4 Å². The second-order valence-electron chi connectivity index (χ2n) is 3.50. The minimum Gasteiger partial charge on any atom is -0.478 e. The summed E-state index contributed by atoms with van der Waals surface area (Å²) in [5, 5.41) is 17.7. The molecule has 0 bridgehead atoms. The molecule has 94 valence electrons. The van der Waals surface area contributed by atoms with Gasteiger partial charge in [0.2, 0.25) is 5.12 Å². The highest BCUT2D eigenvalue weighted by atomic mass is 35.5. The Kier molecular flexibility index (Phi) is 3.40. The van der Waals surface area contributed by atoms with E-state index in [1.807, 2.05) is 0 Å². The Bertz CT molecular complexity index is 546. The number of alkyl halides is 1. The number of hydrogen-bond donors (Lipinski definition) is 3. The van der Waals surface area contributed by atoms with Crippen LogP contribution in [0.4, 0.5) is 5.69 Å². The molecule has 8 heteroatoms. The lowest BCUT2D eigenvalue weighted by atomic mass is 10.2. The summed E-state index contributed by atoms with van der Waals surface area (Å²) in [6.45, 7) is 0. The summed E-state index contributed by atoms with van der Waals surface area (Å²) in [7, 11) is 0. The molecule has 0 aliphatic carbocycles. The first-order valence-corrected chi connectivity index (χ1v) is 5.61. The molecule has 1 aromatic rings. The summed E-state index contributed by atoms with van der Waals surface area (Å²) in [6.07, 6.45) is 1.41. The number of halogens is 2. The zero-order valence-electron chi connectivity index (χ0n) is 8.89. The number of carbonyl (C=O) groups is 1. The van der Waals surface area contributed by atoms with Crippen LogP contribution in [0.15, 0.2) is 45.8 Å². The Morgan fingerprint density at radius 2 is 2.28 bits per heavy atom. The fourth-order valence-corrected chi connectivity index (χ4v) is 1.88. The molecule has 0 saturated heterocycles. The number of nitrogens with one attached hydrogen (secondary N) is 2. The van der Waals surface area contributed by atoms with Gasteiger partial charge in [-0.2, -0.15) is 0 Å². The first kappa shape index (κ1) is 12.7. The Hall–Kier alpha value is -1.79. The molecule has 1 aliphatic heterocycles. The summed E-state index contributed by atoms with van der Waals surface area (Å²) in [6, 6.07) is 6.19. The van der Waals surface area contributed by atoms with Crippen molar-refractivity contribution in [3.05, 3.63) is 41.1 Å². The van der Waals surface area contributed by atoms with Gasteiger partial charge in [-0.25, -0.2) is 10.2 Å². The number of rotatable bonds is 3. The van der Waals surface area contributed by atoms with Gasteiger partial charge in [0.15, 0.2) is 5.16 Å².